The van der Waals surface area contributed by atoms with Crippen LogP contribution in [0.5, 0.6) is 0 Å². The third-order valence-corrected chi connectivity index (χ3v) is 3.14. The number of benzene rings is 1. The number of hydroxylamine groups is 1. The van der Waals surface area contributed by atoms with Crippen molar-refractivity contribution in [3.05, 3.63) is 35.9 Å². The van der Waals surface area contributed by atoms with E-state index in [-0.39, 0.29) is 13.2 Å². The van der Waals surface area contributed by atoms with E-state index < -0.39 is 29.9 Å². The Morgan fingerprint density at radius 3 is 2.55 bits per heavy atom. The van der Waals surface area contributed by atoms with Crippen molar-refractivity contribution < 1.29 is 24.0 Å². The summed E-state index contributed by atoms with van der Waals surface area (Å²) in [5.41, 5.74) is 1.69. The van der Waals surface area contributed by atoms with E-state index in [1.807, 2.05) is 30.3 Å². The van der Waals surface area contributed by atoms with Gasteiger partial charge in [0.05, 0.1) is 13.2 Å². The first-order valence-electron chi connectivity index (χ1n) is 6.65. The summed E-state index contributed by atoms with van der Waals surface area (Å²) in [7, 11) is 1.31. The van der Waals surface area contributed by atoms with Crippen LogP contribution in [0.25, 0.3) is 0 Å². The summed E-state index contributed by atoms with van der Waals surface area (Å²) in [6.45, 7) is 0.360. The Labute approximate surface area is 127 Å². The van der Waals surface area contributed by atoms with Gasteiger partial charge in [-0.3, -0.25) is 19.2 Å². The Balaban J connectivity index is 1.70. The van der Waals surface area contributed by atoms with Gasteiger partial charge in [0, 0.05) is 7.11 Å². The molecule has 1 aliphatic heterocycles. The first kappa shape index (κ1) is 15.9. The van der Waals surface area contributed by atoms with Gasteiger partial charge in [-0.05, 0) is 5.56 Å². The topological polar surface area (TPSA) is 106 Å². The van der Waals surface area contributed by atoms with Crippen LogP contribution < -0.4 is 16.1 Å². The van der Waals surface area contributed by atoms with Gasteiger partial charge in [-0.1, -0.05) is 30.3 Å². The van der Waals surface area contributed by atoms with Crippen molar-refractivity contribution in [1.82, 2.24) is 16.1 Å². The van der Waals surface area contributed by atoms with E-state index >= 15 is 0 Å². The Morgan fingerprint density at radius 2 is 2.00 bits per heavy atom. The monoisotopic (exact) mass is 307 g/mol. The standard InChI is InChI=1S/C14H17N3O5/c1-21-14(9-15-13(14)20)16-11(18)7-12(19)17-22-8-10-5-3-2-4-6-10/h2-6H,7-9H2,1H3,(H,15,20)(H,16,18)(H,17,19). The zero-order chi connectivity index (χ0) is 16.0. The quantitative estimate of drug-likeness (QED) is 0.265. The molecule has 1 saturated heterocycles. The maximum Gasteiger partial charge on any atom is 0.275 e. The second-order valence-corrected chi connectivity index (χ2v) is 4.74. The normalized spacial score (nSPS) is 19.8. The minimum Gasteiger partial charge on any atom is -0.349 e. The average Bonchev–Trinajstić information content (AvgIpc) is 2.52. The first-order valence-corrected chi connectivity index (χ1v) is 6.65. The summed E-state index contributed by atoms with van der Waals surface area (Å²) in [6.07, 6.45) is -0.465. The number of carbonyl (C=O) groups is 3. The third-order valence-electron chi connectivity index (χ3n) is 3.14. The van der Waals surface area contributed by atoms with Crippen molar-refractivity contribution in [3.8, 4) is 0 Å². The summed E-state index contributed by atoms with van der Waals surface area (Å²) in [5.74, 6) is -1.68. The number of hydrogen-bond acceptors (Lipinski definition) is 5. The Bertz CT molecular complexity index is 559. The molecular weight excluding hydrogens is 290 g/mol. The number of β-lactam (4-membered cyclic amide) rings is 1. The number of hydrogen-bond donors (Lipinski definition) is 3. The van der Waals surface area contributed by atoms with Gasteiger partial charge in [0.2, 0.25) is 11.6 Å². The molecule has 22 heavy (non-hydrogen) atoms. The number of rotatable bonds is 7. The Kier molecular flexibility index (Phi) is 5.08. The van der Waals surface area contributed by atoms with Crippen LogP contribution >= 0.6 is 0 Å². The van der Waals surface area contributed by atoms with Gasteiger partial charge < -0.3 is 15.4 Å². The highest BCUT2D eigenvalue weighted by atomic mass is 16.6. The van der Waals surface area contributed by atoms with Crippen molar-refractivity contribution in [2.24, 2.45) is 0 Å². The lowest BCUT2D eigenvalue weighted by Gasteiger charge is -2.39. The molecule has 0 spiro atoms. The lowest BCUT2D eigenvalue weighted by atomic mass is 10.1. The van der Waals surface area contributed by atoms with E-state index in [0.29, 0.717) is 0 Å². The number of amides is 3. The maximum absolute atomic E-state index is 11.7. The highest BCUT2D eigenvalue weighted by Gasteiger charge is 2.48. The molecule has 0 bridgehead atoms. The highest BCUT2D eigenvalue weighted by Crippen LogP contribution is 2.13. The molecule has 3 amide bonds. The molecule has 1 aromatic rings. The smallest absolute Gasteiger partial charge is 0.275 e. The van der Waals surface area contributed by atoms with Crippen LogP contribution in [0, 0.1) is 0 Å². The summed E-state index contributed by atoms with van der Waals surface area (Å²) in [4.78, 5) is 39.6. The molecule has 0 saturated carbocycles. The molecule has 118 valence electrons. The molecule has 1 aliphatic rings. The fourth-order valence-corrected chi connectivity index (χ4v) is 1.86. The van der Waals surface area contributed by atoms with Crippen LogP contribution in [-0.4, -0.2) is 37.1 Å². The van der Waals surface area contributed by atoms with E-state index in [0.717, 1.165) is 5.56 Å². The maximum atomic E-state index is 11.7. The van der Waals surface area contributed by atoms with Gasteiger partial charge in [0.15, 0.2) is 0 Å². The Morgan fingerprint density at radius 1 is 1.27 bits per heavy atom. The molecule has 1 aromatic carbocycles. The summed E-state index contributed by atoms with van der Waals surface area (Å²) < 4.78 is 4.97. The van der Waals surface area contributed by atoms with Crippen LogP contribution in [0.3, 0.4) is 0 Å². The predicted octanol–water partition coefficient (Wildman–Crippen LogP) is -0.787. The molecule has 1 heterocycles. The fraction of sp³-hybridized carbons (Fsp3) is 0.357. The number of methoxy groups -OCH3 is 1. The first-order chi connectivity index (χ1) is 10.6. The molecule has 0 radical (unpaired) electrons. The fourth-order valence-electron chi connectivity index (χ4n) is 1.86. The lowest BCUT2D eigenvalue weighted by Crippen LogP contribution is -2.74. The SMILES string of the molecule is COC1(NC(=O)CC(=O)NOCc2ccccc2)CNC1=O. The molecule has 0 aromatic heterocycles. The zero-order valence-electron chi connectivity index (χ0n) is 12.0. The van der Waals surface area contributed by atoms with E-state index in [2.05, 4.69) is 16.1 Å². The van der Waals surface area contributed by atoms with Crippen LogP contribution in [0.4, 0.5) is 0 Å². The van der Waals surface area contributed by atoms with Crippen LogP contribution in [0.2, 0.25) is 0 Å². The van der Waals surface area contributed by atoms with E-state index in [9.17, 15) is 14.4 Å². The number of nitrogens with one attached hydrogen (secondary N) is 3. The van der Waals surface area contributed by atoms with Crippen LogP contribution in [-0.2, 0) is 30.6 Å². The molecule has 2 rings (SSSR count). The van der Waals surface area contributed by atoms with Crippen molar-refractivity contribution in [1.29, 1.82) is 0 Å². The lowest BCUT2D eigenvalue weighted by molar-refractivity contribution is -0.167. The van der Waals surface area contributed by atoms with Crippen molar-refractivity contribution in [2.45, 2.75) is 18.8 Å². The molecule has 3 N–H and O–H groups in total. The van der Waals surface area contributed by atoms with Crippen molar-refractivity contribution in [2.75, 3.05) is 13.7 Å². The summed E-state index contributed by atoms with van der Waals surface area (Å²) >= 11 is 0. The van der Waals surface area contributed by atoms with Crippen molar-refractivity contribution >= 4 is 17.7 Å². The summed E-state index contributed by atoms with van der Waals surface area (Å²) in [6, 6.07) is 9.26. The van der Waals surface area contributed by atoms with E-state index in [1.165, 1.54) is 7.11 Å². The molecule has 0 aliphatic carbocycles. The largest absolute Gasteiger partial charge is 0.349 e. The molecule has 8 nitrogen and oxygen atoms in total. The highest BCUT2D eigenvalue weighted by molar-refractivity contribution is 6.00. The van der Waals surface area contributed by atoms with Gasteiger partial charge >= 0.3 is 0 Å². The molecular formula is C14H17N3O5. The second-order valence-electron chi connectivity index (χ2n) is 4.74. The number of carbonyl (C=O) groups excluding carboxylic acids is 3. The molecule has 1 atom stereocenters. The van der Waals surface area contributed by atoms with Gasteiger partial charge in [-0.2, -0.15) is 0 Å². The van der Waals surface area contributed by atoms with Gasteiger partial charge in [0.25, 0.3) is 11.8 Å². The number of ether oxygens (including phenoxy) is 1. The van der Waals surface area contributed by atoms with Gasteiger partial charge in [-0.25, -0.2) is 5.48 Å². The minimum atomic E-state index is -1.37. The predicted molar refractivity (Wildman–Crippen MR) is 74.9 cm³/mol. The summed E-state index contributed by atoms with van der Waals surface area (Å²) in [5, 5.41) is 4.84. The van der Waals surface area contributed by atoms with Crippen LogP contribution in [0.15, 0.2) is 30.3 Å². The van der Waals surface area contributed by atoms with Gasteiger partial charge in [0.1, 0.15) is 6.42 Å². The molecule has 1 fully saturated rings. The second kappa shape index (κ2) is 7.01. The van der Waals surface area contributed by atoms with Crippen molar-refractivity contribution in [3.63, 3.8) is 0 Å². The third kappa shape index (κ3) is 3.80. The zero-order valence-corrected chi connectivity index (χ0v) is 12.0. The Hall–Kier alpha value is -2.45. The van der Waals surface area contributed by atoms with Crippen LogP contribution in [0.1, 0.15) is 12.0 Å². The minimum absolute atomic E-state index is 0.167. The average molecular weight is 307 g/mol. The van der Waals surface area contributed by atoms with E-state index in [4.69, 9.17) is 9.57 Å². The molecule has 8 heteroatoms. The van der Waals surface area contributed by atoms with E-state index in [1.54, 1.807) is 0 Å². The molecule has 1 unspecified atom stereocenters. The van der Waals surface area contributed by atoms with Gasteiger partial charge in [-0.15, -0.1) is 0 Å².